The first-order valence-electron chi connectivity index (χ1n) is 6.44. The second-order valence-corrected chi connectivity index (χ2v) is 5.31. The minimum absolute atomic E-state index is 0.0764. The summed E-state index contributed by atoms with van der Waals surface area (Å²) in [6.45, 7) is 5.28. The second-order valence-electron chi connectivity index (χ2n) is 4.91. The molecule has 6 heteroatoms. The fraction of sp³-hybridized carbons (Fsp3) is 0.538. The Hall–Kier alpha value is -1.33. The molecule has 104 valence electrons. The molecule has 0 spiro atoms. The smallest absolute Gasteiger partial charge is 0.337 e. The number of anilines is 1. The number of aromatic nitrogens is 1. The third kappa shape index (κ3) is 3.81. The molecule has 1 atom stereocenters. The van der Waals surface area contributed by atoms with Crippen molar-refractivity contribution in [2.24, 2.45) is 0 Å². The van der Waals surface area contributed by atoms with Crippen molar-refractivity contribution in [3.05, 3.63) is 22.8 Å². The summed E-state index contributed by atoms with van der Waals surface area (Å²) < 4.78 is 0. The van der Waals surface area contributed by atoms with Gasteiger partial charge in [0.05, 0.1) is 10.6 Å². The minimum Gasteiger partial charge on any atom is -0.478 e. The number of nitrogens with zero attached hydrogens (tertiary/aromatic N) is 2. The van der Waals surface area contributed by atoms with Crippen molar-refractivity contribution < 1.29 is 9.90 Å². The van der Waals surface area contributed by atoms with Gasteiger partial charge < -0.3 is 15.3 Å². The molecule has 0 aliphatic carbocycles. The van der Waals surface area contributed by atoms with Crippen LogP contribution in [0.25, 0.3) is 0 Å². The van der Waals surface area contributed by atoms with Crippen LogP contribution in [0.4, 0.5) is 5.82 Å². The van der Waals surface area contributed by atoms with Gasteiger partial charge >= 0.3 is 5.97 Å². The molecule has 1 unspecified atom stereocenters. The zero-order chi connectivity index (χ0) is 13.8. The van der Waals surface area contributed by atoms with Crippen LogP contribution in [-0.4, -0.2) is 46.6 Å². The average Bonchev–Trinajstić information content (AvgIpc) is 2.84. The quantitative estimate of drug-likeness (QED) is 0.868. The molecule has 0 saturated carbocycles. The van der Waals surface area contributed by atoms with Gasteiger partial charge in [0, 0.05) is 18.8 Å². The van der Waals surface area contributed by atoms with Gasteiger partial charge in [-0.15, -0.1) is 0 Å². The minimum atomic E-state index is -1.04. The van der Waals surface area contributed by atoms with Gasteiger partial charge in [-0.05, 0) is 38.9 Å². The average molecular weight is 284 g/mol. The first-order chi connectivity index (χ1) is 9.06. The molecule has 1 fully saturated rings. The molecular weight excluding hydrogens is 266 g/mol. The lowest BCUT2D eigenvalue weighted by Crippen LogP contribution is -2.33. The molecule has 1 aliphatic rings. The standard InChI is InChI=1S/C13H18ClN3O2/c1-9(8-17-4-2-3-5-17)16-12-6-10(13(18)19)11(14)7-15-12/h6-7,9H,2-5,8H2,1H3,(H,15,16)(H,18,19). The molecule has 1 aliphatic heterocycles. The van der Waals surface area contributed by atoms with E-state index in [2.05, 4.69) is 22.1 Å². The largest absolute Gasteiger partial charge is 0.478 e. The molecule has 0 amide bonds. The van der Waals surface area contributed by atoms with Crippen LogP contribution in [0.5, 0.6) is 0 Å². The van der Waals surface area contributed by atoms with Gasteiger partial charge in [0.2, 0.25) is 0 Å². The molecule has 2 N–H and O–H groups in total. The van der Waals surface area contributed by atoms with Crippen LogP contribution in [0.3, 0.4) is 0 Å². The third-order valence-electron chi connectivity index (χ3n) is 3.21. The number of nitrogens with one attached hydrogen (secondary N) is 1. The molecule has 2 heterocycles. The molecule has 1 aromatic heterocycles. The van der Waals surface area contributed by atoms with Crippen molar-refractivity contribution in [3.8, 4) is 0 Å². The highest BCUT2D eigenvalue weighted by Gasteiger charge is 2.16. The Bertz CT molecular complexity index is 461. The first-order valence-corrected chi connectivity index (χ1v) is 6.82. The molecule has 2 rings (SSSR count). The van der Waals surface area contributed by atoms with E-state index in [9.17, 15) is 4.79 Å². The normalized spacial score (nSPS) is 17.4. The van der Waals surface area contributed by atoms with Crippen LogP contribution in [-0.2, 0) is 0 Å². The van der Waals surface area contributed by atoms with Crippen molar-refractivity contribution in [1.29, 1.82) is 0 Å². The van der Waals surface area contributed by atoms with Gasteiger partial charge in [-0.3, -0.25) is 0 Å². The predicted molar refractivity (Wildman–Crippen MR) is 75.0 cm³/mol. The van der Waals surface area contributed by atoms with E-state index >= 15 is 0 Å². The summed E-state index contributed by atoms with van der Waals surface area (Å²) in [5, 5.41) is 12.4. The lowest BCUT2D eigenvalue weighted by molar-refractivity contribution is 0.0697. The van der Waals surface area contributed by atoms with E-state index < -0.39 is 5.97 Å². The number of pyridine rings is 1. The molecular formula is C13H18ClN3O2. The number of rotatable bonds is 5. The van der Waals surface area contributed by atoms with Crippen molar-refractivity contribution >= 4 is 23.4 Å². The lowest BCUT2D eigenvalue weighted by Gasteiger charge is -2.21. The SMILES string of the molecule is CC(CN1CCCC1)Nc1cc(C(=O)O)c(Cl)cn1. The number of hydrogen-bond acceptors (Lipinski definition) is 4. The lowest BCUT2D eigenvalue weighted by atomic mass is 10.2. The van der Waals surface area contributed by atoms with Crippen molar-refractivity contribution in [2.75, 3.05) is 25.0 Å². The summed E-state index contributed by atoms with van der Waals surface area (Å²) in [6.07, 6.45) is 3.89. The molecule has 19 heavy (non-hydrogen) atoms. The highest BCUT2D eigenvalue weighted by Crippen LogP contribution is 2.18. The Balaban J connectivity index is 1.98. The second kappa shape index (κ2) is 6.21. The van der Waals surface area contributed by atoms with Crippen molar-refractivity contribution in [2.45, 2.75) is 25.8 Å². The monoisotopic (exact) mass is 283 g/mol. The molecule has 1 aromatic rings. The predicted octanol–water partition coefficient (Wildman–Crippen LogP) is 2.33. The summed E-state index contributed by atoms with van der Waals surface area (Å²) in [4.78, 5) is 17.5. The summed E-state index contributed by atoms with van der Waals surface area (Å²) in [7, 11) is 0. The first kappa shape index (κ1) is 14.1. The Morgan fingerprint density at radius 2 is 2.26 bits per heavy atom. The number of halogens is 1. The van der Waals surface area contributed by atoms with Crippen LogP contribution in [0, 0.1) is 0 Å². The number of hydrogen-bond donors (Lipinski definition) is 2. The zero-order valence-electron chi connectivity index (χ0n) is 10.9. The zero-order valence-corrected chi connectivity index (χ0v) is 11.7. The Morgan fingerprint density at radius 3 is 2.89 bits per heavy atom. The van der Waals surface area contributed by atoms with Crippen LogP contribution in [0.15, 0.2) is 12.3 Å². The van der Waals surface area contributed by atoms with E-state index in [1.807, 2.05) is 0 Å². The Kier molecular flexibility index (Phi) is 4.61. The Morgan fingerprint density at radius 1 is 1.58 bits per heavy atom. The van der Waals surface area contributed by atoms with Crippen LogP contribution in [0.1, 0.15) is 30.1 Å². The van der Waals surface area contributed by atoms with Gasteiger partial charge in [-0.25, -0.2) is 9.78 Å². The van der Waals surface area contributed by atoms with Crippen LogP contribution in [0.2, 0.25) is 5.02 Å². The maximum atomic E-state index is 11.0. The fourth-order valence-electron chi connectivity index (χ4n) is 2.33. The maximum absolute atomic E-state index is 11.0. The number of aromatic carboxylic acids is 1. The number of likely N-dealkylation sites (tertiary alicyclic amines) is 1. The van der Waals surface area contributed by atoms with Crippen LogP contribution < -0.4 is 5.32 Å². The fourth-order valence-corrected chi connectivity index (χ4v) is 2.52. The van der Waals surface area contributed by atoms with Gasteiger partial charge in [0.15, 0.2) is 0 Å². The van der Waals surface area contributed by atoms with Gasteiger partial charge in [0.25, 0.3) is 0 Å². The van der Waals surface area contributed by atoms with Crippen molar-refractivity contribution in [3.63, 3.8) is 0 Å². The molecule has 5 nitrogen and oxygen atoms in total. The third-order valence-corrected chi connectivity index (χ3v) is 3.51. The topological polar surface area (TPSA) is 65.5 Å². The highest BCUT2D eigenvalue weighted by atomic mass is 35.5. The van der Waals surface area contributed by atoms with E-state index in [-0.39, 0.29) is 16.6 Å². The summed E-state index contributed by atoms with van der Waals surface area (Å²) >= 11 is 5.79. The molecule has 0 bridgehead atoms. The number of carboxylic acid groups (broad SMARTS) is 1. The molecule has 0 radical (unpaired) electrons. The molecule has 0 aromatic carbocycles. The highest BCUT2D eigenvalue weighted by molar-refractivity contribution is 6.33. The van der Waals surface area contributed by atoms with E-state index in [0.717, 1.165) is 19.6 Å². The number of carboxylic acids is 1. The van der Waals surface area contributed by atoms with Crippen LogP contribution >= 0.6 is 11.6 Å². The maximum Gasteiger partial charge on any atom is 0.337 e. The van der Waals surface area contributed by atoms with Gasteiger partial charge in [0.1, 0.15) is 5.82 Å². The molecule has 1 saturated heterocycles. The van der Waals surface area contributed by atoms with E-state index in [0.29, 0.717) is 5.82 Å². The summed E-state index contributed by atoms with van der Waals surface area (Å²) in [5.41, 5.74) is 0.0764. The van der Waals surface area contributed by atoms with Gasteiger partial charge in [-0.1, -0.05) is 11.6 Å². The van der Waals surface area contributed by atoms with E-state index in [4.69, 9.17) is 16.7 Å². The Labute approximate surface area is 117 Å². The summed E-state index contributed by atoms with van der Waals surface area (Å²) in [6, 6.07) is 1.69. The van der Waals surface area contributed by atoms with Crippen molar-refractivity contribution in [1.82, 2.24) is 9.88 Å². The number of carbonyl (C=O) groups is 1. The summed E-state index contributed by atoms with van der Waals surface area (Å²) in [5.74, 6) is -0.490. The van der Waals surface area contributed by atoms with Gasteiger partial charge in [-0.2, -0.15) is 0 Å². The van der Waals surface area contributed by atoms with E-state index in [1.165, 1.54) is 25.1 Å². The van der Waals surface area contributed by atoms with E-state index in [1.54, 1.807) is 0 Å².